The van der Waals surface area contributed by atoms with Gasteiger partial charge >= 0.3 is 12.4 Å². The third kappa shape index (κ3) is 11.1. The second kappa shape index (κ2) is 14.0. The summed E-state index contributed by atoms with van der Waals surface area (Å²) < 4.78 is 76.3. The van der Waals surface area contributed by atoms with Gasteiger partial charge in [-0.2, -0.15) is 43.4 Å². The molecule has 1 aromatic rings. The Morgan fingerprint density at radius 2 is 1.60 bits per heavy atom. The summed E-state index contributed by atoms with van der Waals surface area (Å²) in [7, 11) is 0. The van der Waals surface area contributed by atoms with Crippen molar-refractivity contribution in [2.45, 2.75) is 88.6 Å². The third-order valence-electron chi connectivity index (χ3n) is 5.83. The number of benzene rings is 1. The highest BCUT2D eigenvalue weighted by Gasteiger charge is 2.40. The van der Waals surface area contributed by atoms with Gasteiger partial charge in [0.15, 0.2) is 0 Å². The molecule has 0 aliphatic rings. The quantitative estimate of drug-likeness (QED) is 0.197. The van der Waals surface area contributed by atoms with E-state index in [1.54, 1.807) is 0 Å². The number of carbonyl (C=O) groups excluding carboxylic acids is 1. The third-order valence-corrected chi connectivity index (χ3v) is 6.98. The summed E-state index contributed by atoms with van der Waals surface area (Å²) in [5.74, 6) is -0.747. The highest BCUT2D eigenvalue weighted by molar-refractivity contribution is 7.99. The number of nitrogens with two attached hydrogens (primary N) is 1. The molecule has 3 N–H and O–H groups in total. The van der Waals surface area contributed by atoms with Gasteiger partial charge in [0.25, 0.3) is 0 Å². The minimum absolute atomic E-state index is 0.0858. The van der Waals surface area contributed by atoms with Crippen LogP contribution in [0.15, 0.2) is 18.2 Å². The first-order valence-corrected chi connectivity index (χ1v) is 12.6. The number of hydrogen-bond donors (Lipinski definition) is 2. The molecule has 0 saturated carbocycles. The highest BCUT2D eigenvalue weighted by Crippen LogP contribution is 2.38. The van der Waals surface area contributed by atoms with Crippen molar-refractivity contribution < 1.29 is 36.2 Å². The van der Waals surface area contributed by atoms with E-state index in [4.69, 9.17) is 11.0 Å². The zero-order valence-corrected chi connectivity index (χ0v) is 20.5. The molecule has 0 aliphatic carbocycles. The Morgan fingerprint density at radius 1 is 1.03 bits per heavy atom. The monoisotopic (exact) mass is 526 g/mol. The van der Waals surface area contributed by atoms with Crippen LogP contribution in [0, 0.1) is 11.3 Å². The number of thioether (sulfide) groups is 1. The first-order chi connectivity index (χ1) is 16.2. The summed E-state index contributed by atoms with van der Waals surface area (Å²) >= 11 is 1.50. The first kappa shape index (κ1) is 31.1. The van der Waals surface area contributed by atoms with Crippen molar-refractivity contribution in [2.24, 2.45) is 5.73 Å². The maximum absolute atomic E-state index is 13.4. The van der Waals surface area contributed by atoms with E-state index >= 15 is 0 Å². The van der Waals surface area contributed by atoms with E-state index in [1.165, 1.54) is 30.8 Å². The average molecular weight is 527 g/mol. The number of nitrogens with zero attached hydrogens (tertiary/aromatic N) is 1. The van der Waals surface area contributed by atoms with Crippen LogP contribution in [0.25, 0.3) is 0 Å². The molecule has 0 saturated heterocycles. The van der Waals surface area contributed by atoms with E-state index in [1.807, 2.05) is 0 Å². The zero-order chi connectivity index (χ0) is 26.7. The number of carbonyl (C=O) groups is 1. The minimum atomic E-state index is -4.76. The molecular weight excluding hydrogens is 494 g/mol. The van der Waals surface area contributed by atoms with Crippen LogP contribution in [0.4, 0.5) is 26.3 Å². The molecule has 2 atom stereocenters. The highest BCUT2D eigenvalue weighted by atomic mass is 32.2. The van der Waals surface area contributed by atoms with Crippen molar-refractivity contribution >= 4 is 17.7 Å². The van der Waals surface area contributed by atoms with Crippen molar-refractivity contribution in [2.75, 3.05) is 11.5 Å². The molecule has 2 unspecified atom stereocenters. The number of halogens is 6. The molecular formula is C24H32F6N2O2S. The molecule has 198 valence electrons. The number of aliphatic hydroxyl groups is 1. The molecule has 0 aliphatic heterocycles. The Hall–Kier alpha value is -1.93. The average Bonchev–Trinajstić information content (AvgIpc) is 2.75. The SMILES string of the molecule is CC(O)(C(N)=O)C(CCCCCCCCSCCCC(F)(F)F)c1ccc(C#N)c(C(F)(F)F)c1. The number of alkyl halides is 6. The molecule has 35 heavy (non-hydrogen) atoms. The van der Waals surface area contributed by atoms with Gasteiger partial charge in [0.1, 0.15) is 5.60 Å². The van der Waals surface area contributed by atoms with E-state index in [0.717, 1.165) is 50.0 Å². The molecule has 0 heterocycles. The van der Waals surface area contributed by atoms with Crippen molar-refractivity contribution in [3.8, 4) is 6.07 Å². The molecule has 0 fully saturated rings. The summed E-state index contributed by atoms with van der Waals surface area (Å²) in [6.07, 6.45) is -4.47. The lowest BCUT2D eigenvalue weighted by atomic mass is 9.78. The Kier molecular flexibility index (Phi) is 12.4. The smallest absolute Gasteiger partial charge is 0.380 e. The van der Waals surface area contributed by atoms with Crippen LogP contribution in [0.3, 0.4) is 0 Å². The molecule has 1 aromatic carbocycles. The maximum Gasteiger partial charge on any atom is 0.417 e. The number of primary amides is 1. The van der Waals surface area contributed by atoms with Crippen LogP contribution in [0.1, 0.15) is 87.3 Å². The topological polar surface area (TPSA) is 87.1 Å². The lowest BCUT2D eigenvalue weighted by Crippen LogP contribution is -2.46. The molecule has 1 amide bonds. The van der Waals surface area contributed by atoms with E-state index in [9.17, 15) is 36.2 Å². The largest absolute Gasteiger partial charge is 0.417 e. The molecule has 11 heteroatoms. The fourth-order valence-corrected chi connectivity index (χ4v) is 4.75. The van der Waals surface area contributed by atoms with E-state index in [0.29, 0.717) is 12.2 Å². The fraction of sp³-hybridized carbons (Fsp3) is 0.667. The van der Waals surface area contributed by atoms with Gasteiger partial charge < -0.3 is 10.8 Å². The normalized spacial score (nSPS) is 14.8. The van der Waals surface area contributed by atoms with Crippen LogP contribution >= 0.6 is 11.8 Å². The number of nitriles is 1. The Morgan fingerprint density at radius 3 is 2.14 bits per heavy atom. The summed E-state index contributed by atoms with van der Waals surface area (Å²) in [5.41, 5.74) is 1.66. The standard InChI is InChI=1S/C24H32F6N2O2S/c1-22(34,21(32)33)19(17-10-11-18(16-31)20(15-17)24(28,29)30)9-6-4-2-3-5-7-13-35-14-8-12-23(25,26)27/h10-11,15,19,34H,2-9,12-14H2,1H3,(H2,32,33). The molecule has 0 radical (unpaired) electrons. The van der Waals surface area contributed by atoms with Crippen LogP contribution in [-0.4, -0.2) is 34.3 Å². The van der Waals surface area contributed by atoms with Crippen LogP contribution in [0.2, 0.25) is 0 Å². The van der Waals surface area contributed by atoms with Gasteiger partial charge in [-0.05, 0) is 55.4 Å². The van der Waals surface area contributed by atoms with Gasteiger partial charge in [-0.15, -0.1) is 0 Å². The molecule has 0 aromatic heterocycles. The number of amides is 1. The Labute approximate surface area is 206 Å². The van der Waals surface area contributed by atoms with Crippen molar-refractivity contribution in [1.82, 2.24) is 0 Å². The van der Waals surface area contributed by atoms with Gasteiger partial charge in [-0.3, -0.25) is 4.79 Å². The van der Waals surface area contributed by atoms with Crippen LogP contribution in [0.5, 0.6) is 0 Å². The number of hydrogen-bond acceptors (Lipinski definition) is 4. The number of unbranched alkanes of at least 4 members (excludes halogenated alkanes) is 5. The van der Waals surface area contributed by atoms with Gasteiger partial charge in [0, 0.05) is 12.3 Å². The van der Waals surface area contributed by atoms with Gasteiger partial charge in [-0.1, -0.05) is 38.2 Å². The lowest BCUT2D eigenvalue weighted by Gasteiger charge is -2.31. The van der Waals surface area contributed by atoms with Crippen molar-refractivity contribution in [3.63, 3.8) is 0 Å². The summed E-state index contributed by atoms with van der Waals surface area (Å²) in [4.78, 5) is 11.8. The fourth-order valence-electron chi connectivity index (χ4n) is 3.79. The van der Waals surface area contributed by atoms with Crippen molar-refractivity contribution in [1.29, 1.82) is 5.26 Å². The van der Waals surface area contributed by atoms with Crippen molar-refractivity contribution in [3.05, 3.63) is 34.9 Å². The predicted octanol–water partition coefficient (Wildman–Crippen LogP) is 6.70. The molecule has 0 spiro atoms. The lowest BCUT2D eigenvalue weighted by molar-refractivity contribution is -0.138. The van der Waals surface area contributed by atoms with E-state index in [-0.39, 0.29) is 18.4 Å². The summed E-state index contributed by atoms with van der Waals surface area (Å²) in [6.45, 7) is 1.18. The zero-order valence-electron chi connectivity index (χ0n) is 19.6. The molecule has 4 nitrogen and oxygen atoms in total. The summed E-state index contributed by atoms with van der Waals surface area (Å²) in [6, 6.07) is 4.64. The van der Waals surface area contributed by atoms with E-state index < -0.39 is 47.3 Å². The van der Waals surface area contributed by atoms with Gasteiger partial charge in [0.05, 0.1) is 17.2 Å². The number of rotatable bonds is 15. The van der Waals surface area contributed by atoms with E-state index in [2.05, 4.69) is 0 Å². The predicted molar refractivity (Wildman–Crippen MR) is 124 cm³/mol. The van der Waals surface area contributed by atoms with Gasteiger partial charge in [-0.25, -0.2) is 0 Å². The second-order valence-corrected chi connectivity index (χ2v) is 9.94. The molecule has 0 bridgehead atoms. The molecule has 1 rings (SSSR count). The van der Waals surface area contributed by atoms with Crippen LogP contribution < -0.4 is 5.73 Å². The minimum Gasteiger partial charge on any atom is -0.380 e. The van der Waals surface area contributed by atoms with Crippen LogP contribution in [-0.2, 0) is 11.0 Å². The summed E-state index contributed by atoms with van der Waals surface area (Å²) in [5, 5.41) is 19.6. The maximum atomic E-state index is 13.4. The first-order valence-electron chi connectivity index (χ1n) is 11.5. The second-order valence-electron chi connectivity index (χ2n) is 8.72. The van der Waals surface area contributed by atoms with Gasteiger partial charge in [0.2, 0.25) is 5.91 Å². The Balaban J connectivity index is 2.56. The Bertz CT molecular complexity index is 850.